The van der Waals surface area contributed by atoms with Crippen molar-refractivity contribution in [2.24, 2.45) is 11.8 Å². The summed E-state index contributed by atoms with van der Waals surface area (Å²) < 4.78 is 0. The van der Waals surface area contributed by atoms with Crippen LogP contribution in [0.15, 0.2) is 41.8 Å². The van der Waals surface area contributed by atoms with Gasteiger partial charge >= 0.3 is 0 Å². The first-order valence-electron chi connectivity index (χ1n) is 8.27. The first-order chi connectivity index (χ1) is 11.5. The lowest BCUT2D eigenvalue weighted by atomic mass is 9.91. The summed E-state index contributed by atoms with van der Waals surface area (Å²) in [5.74, 6) is 1.04. The monoisotopic (exact) mass is 342 g/mol. The number of amides is 2. The molecule has 1 saturated heterocycles. The van der Waals surface area contributed by atoms with Gasteiger partial charge in [0.1, 0.15) is 0 Å². The molecular weight excluding hydrogens is 320 g/mol. The molecule has 0 spiro atoms. The Labute approximate surface area is 146 Å². The molecule has 1 aliphatic rings. The molecule has 1 aromatic carbocycles. The third-order valence-corrected chi connectivity index (χ3v) is 5.16. The summed E-state index contributed by atoms with van der Waals surface area (Å²) in [6.07, 6.45) is 1.18. The first kappa shape index (κ1) is 16.7. The van der Waals surface area contributed by atoms with Crippen LogP contribution in [-0.4, -0.2) is 29.8 Å². The molecule has 0 saturated carbocycles. The standard InChI is InChI=1S/C19H22N2O2S/c1-13-10-14(2)12-21(11-13)19(23)15-5-7-16(8-6-15)20-18(22)17-4-3-9-24-17/h3-9,13-14H,10-12H2,1-2H3,(H,20,22)/t13-,14-/m0/s1. The maximum absolute atomic E-state index is 12.7. The predicted octanol–water partition coefficient (Wildman–Crippen LogP) is 4.12. The van der Waals surface area contributed by atoms with Crippen molar-refractivity contribution in [1.82, 2.24) is 4.90 Å². The third kappa shape index (κ3) is 3.85. The fourth-order valence-corrected chi connectivity index (χ4v) is 3.93. The van der Waals surface area contributed by atoms with E-state index in [-0.39, 0.29) is 11.8 Å². The van der Waals surface area contributed by atoms with Crippen molar-refractivity contribution in [3.63, 3.8) is 0 Å². The van der Waals surface area contributed by atoms with Gasteiger partial charge in [-0.2, -0.15) is 0 Å². The molecule has 1 fully saturated rings. The van der Waals surface area contributed by atoms with Crippen LogP contribution in [0, 0.1) is 11.8 Å². The van der Waals surface area contributed by atoms with Gasteiger partial charge in [0.15, 0.2) is 0 Å². The van der Waals surface area contributed by atoms with E-state index < -0.39 is 0 Å². The van der Waals surface area contributed by atoms with E-state index in [1.54, 1.807) is 30.3 Å². The summed E-state index contributed by atoms with van der Waals surface area (Å²) in [7, 11) is 0. The highest BCUT2D eigenvalue weighted by atomic mass is 32.1. The number of piperidine rings is 1. The number of rotatable bonds is 3. The summed E-state index contributed by atoms with van der Waals surface area (Å²) in [5, 5.41) is 4.72. The molecule has 2 heterocycles. The minimum Gasteiger partial charge on any atom is -0.338 e. The number of hydrogen-bond acceptors (Lipinski definition) is 3. The molecule has 0 aliphatic carbocycles. The second kappa shape index (κ2) is 7.18. The van der Waals surface area contributed by atoms with Crippen molar-refractivity contribution < 1.29 is 9.59 Å². The quantitative estimate of drug-likeness (QED) is 0.912. The van der Waals surface area contributed by atoms with Crippen molar-refractivity contribution in [2.75, 3.05) is 18.4 Å². The van der Waals surface area contributed by atoms with Gasteiger partial charge in [-0.25, -0.2) is 0 Å². The Morgan fingerprint density at radius 3 is 2.33 bits per heavy atom. The van der Waals surface area contributed by atoms with Crippen molar-refractivity contribution in [3.05, 3.63) is 52.2 Å². The van der Waals surface area contributed by atoms with Gasteiger partial charge in [-0.1, -0.05) is 19.9 Å². The summed E-state index contributed by atoms with van der Waals surface area (Å²) in [6.45, 7) is 6.03. The van der Waals surface area contributed by atoms with E-state index in [0.717, 1.165) is 13.1 Å². The van der Waals surface area contributed by atoms with E-state index in [2.05, 4.69) is 19.2 Å². The highest BCUT2D eigenvalue weighted by Gasteiger charge is 2.26. The molecule has 2 amide bonds. The van der Waals surface area contributed by atoms with Crippen LogP contribution < -0.4 is 5.32 Å². The van der Waals surface area contributed by atoms with Crippen LogP contribution in [0.2, 0.25) is 0 Å². The largest absolute Gasteiger partial charge is 0.338 e. The van der Waals surface area contributed by atoms with Gasteiger partial charge in [-0.05, 0) is 54.0 Å². The average Bonchev–Trinajstić information content (AvgIpc) is 3.08. The molecule has 126 valence electrons. The maximum atomic E-state index is 12.7. The molecule has 0 radical (unpaired) electrons. The molecule has 3 rings (SSSR count). The van der Waals surface area contributed by atoms with E-state index in [9.17, 15) is 9.59 Å². The highest BCUT2D eigenvalue weighted by molar-refractivity contribution is 7.12. The fourth-order valence-electron chi connectivity index (χ4n) is 3.31. The average molecular weight is 342 g/mol. The zero-order valence-corrected chi connectivity index (χ0v) is 14.8. The van der Waals surface area contributed by atoms with Crippen LogP contribution in [-0.2, 0) is 0 Å². The van der Waals surface area contributed by atoms with E-state index in [4.69, 9.17) is 0 Å². The van der Waals surface area contributed by atoms with Crippen LogP contribution in [0.3, 0.4) is 0 Å². The van der Waals surface area contributed by atoms with E-state index in [0.29, 0.717) is 28.0 Å². The molecular formula is C19H22N2O2S. The number of nitrogens with zero attached hydrogens (tertiary/aromatic N) is 1. The van der Waals surface area contributed by atoms with Crippen molar-refractivity contribution in [2.45, 2.75) is 20.3 Å². The lowest BCUT2D eigenvalue weighted by molar-refractivity contribution is 0.0623. The van der Waals surface area contributed by atoms with Crippen molar-refractivity contribution in [1.29, 1.82) is 0 Å². The van der Waals surface area contributed by atoms with Crippen LogP contribution in [0.5, 0.6) is 0 Å². The van der Waals surface area contributed by atoms with E-state index in [1.807, 2.05) is 16.3 Å². The SMILES string of the molecule is C[C@H]1C[C@H](C)CN(C(=O)c2ccc(NC(=O)c3cccs3)cc2)C1. The minimum absolute atomic E-state index is 0.0736. The number of carbonyl (C=O) groups excluding carboxylic acids is 2. The number of nitrogens with one attached hydrogen (secondary N) is 1. The summed E-state index contributed by atoms with van der Waals surface area (Å²) in [5.41, 5.74) is 1.37. The number of hydrogen-bond donors (Lipinski definition) is 1. The van der Waals surface area contributed by atoms with Crippen molar-refractivity contribution >= 4 is 28.8 Å². The van der Waals surface area contributed by atoms with E-state index in [1.165, 1.54) is 17.8 Å². The normalized spacial score (nSPS) is 20.7. The predicted molar refractivity (Wildman–Crippen MR) is 97.6 cm³/mol. The molecule has 1 aliphatic heterocycles. The Morgan fingerprint density at radius 1 is 1.08 bits per heavy atom. The molecule has 24 heavy (non-hydrogen) atoms. The Morgan fingerprint density at radius 2 is 1.75 bits per heavy atom. The third-order valence-electron chi connectivity index (χ3n) is 4.29. The summed E-state index contributed by atoms with van der Waals surface area (Å²) >= 11 is 1.40. The first-order valence-corrected chi connectivity index (χ1v) is 9.15. The van der Waals surface area contributed by atoms with Gasteiger partial charge < -0.3 is 10.2 Å². The van der Waals surface area contributed by atoms with Gasteiger partial charge in [0, 0.05) is 24.3 Å². The zero-order valence-electron chi connectivity index (χ0n) is 14.0. The van der Waals surface area contributed by atoms with Gasteiger partial charge in [0.25, 0.3) is 11.8 Å². The summed E-state index contributed by atoms with van der Waals surface area (Å²) in [6, 6.07) is 10.8. The molecule has 1 N–H and O–H groups in total. The highest BCUT2D eigenvalue weighted by Crippen LogP contribution is 2.23. The number of benzene rings is 1. The molecule has 1 aromatic heterocycles. The lowest BCUT2D eigenvalue weighted by Crippen LogP contribution is -2.42. The number of carbonyl (C=O) groups is 2. The molecule has 5 heteroatoms. The minimum atomic E-state index is -0.122. The topological polar surface area (TPSA) is 49.4 Å². The second-order valence-corrected chi connectivity index (χ2v) is 7.61. The molecule has 4 nitrogen and oxygen atoms in total. The van der Waals surface area contributed by atoms with Gasteiger partial charge in [0.2, 0.25) is 0 Å². The van der Waals surface area contributed by atoms with Gasteiger partial charge in [-0.15, -0.1) is 11.3 Å². The van der Waals surface area contributed by atoms with Crippen LogP contribution in [0.25, 0.3) is 0 Å². The number of anilines is 1. The van der Waals surface area contributed by atoms with E-state index >= 15 is 0 Å². The zero-order chi connectivity index (χ0) is 17.1. The maximum Gasteiger partial charge on any atom is 0.265 e. The smallest absolute Gasteiger partial charge is 0.265 e. The Bertz CT molecular complexity index is 699. The fraction of sp³-hybridized carbons (Fsp3) is 0.368. The molecule has 2 aromatic rings. The number of likely N-dealkylation sites (tertiary alicyclic amines) is 1. The van der Waals surface area contributed by atoms with Crippen LogP contribution in [0.4, 0.5) is 5.69 Å². The van der Waals surface area contributed by atoms with Crippen molar-refractivity contribution in [3.8, 4) is 0 Å². The second-order valence-electron chi connectivity index (χ2n) is 6.66. The Hall–Kier alpha value is -2.14. The van der Waals surface area contributed by atoms with Gasteiger partial charge in [0.05, 0.1) is 4.88 Å². The molecule has 0 unspecified atom stereocenters. The lowest BCUT2D eigenvalue weighted by Gasteiger charge is -2.35. The Kier molecular flexibility index (Phi) is 5.00. The number of thiophene rings is 1. The molecule has 0 bridgehead atoms. The summed E-state index contributed by atoms with van der Waals surface area (Å²) in [4.78, 5) is 27.3. The Balaban J connectivity index is 1.65. The van der Waals surface area contributed by atoms with Crippen LogP contribution in [0.1, 0.15) is 40.3 Å². The van der Waals surface area contributed by atoms with Gasteiger partial charge in [-0.3, -0.25) is 9.59 Å². The van der Waals surface area contributed by atoms with Crippen LogP contribution >= 0.6 is 11.3 Å². The molecule has 2 atom stereocenters.